The topological polar surface area (TPSA) is 58.6 Å². The van der Waals surface area contributed by atoms with E-state index >= 15 is 0 Å². The molecule has 1 aliphatic heterocycles. The van der Waals surface area contributed by atoms with Gasteiger partial charge in [-0.2, -0.15) is 0 Å². The number of anilines is 1. The number of carbonyl (C=O) groups is 2. The fourth-order valence-electron chi connectivity index (χ4n) is 3.81. The van der Waals surface area contributed by atoms with Crippen LogP contribution in [0.2, 0.25) is 0 Å². The minimum atomic E-state index is -0.887. The lowest BCUT2D eigenvalue weighted by atomic mass is 9.73. The SMILES string of the molecule is CCOCCNC(=O)C[C@@]1(Cc2ccccc2)C(=O)N(C)c2ccccc21. The maximum atomic E-state index is 13.3. The molecule has 1 aliphatic rings. The number of hydrogen-bond donors (Lipinski definition) is 1. The Labute approximate surface area is 160 Å². The molecule has 2 aromatic rings. The Morgan fingerprint density at radius 2 is 1.81 bits per heavy atom. The number of nitrogens with zero attached hydrogens (tertiary/aromatic N) is 1. The van der Waals surface area contributed by atoms with Gasteiger partial charge < -0.3 is 15.0 Å². The van der Waals surface area contributed by atoms with Crippen LogP contribution in [-0.2, 0) is 26.2 Å². The summed E-state index contributed by atoms with van der Waals surface area (Å²) in [5.41, 5.74) is 1.95. The van der Waals surface area contributed by atoms with Crippen molar-refractivity contribution in [1.82, 2.24) is 5.32 Å². The summed E-state index contributed by atoms with van der Waals surface area (Å²) in [5.74, 6) is -0.170. The van der Waals surface area contributed by atoms with E-state index in [0.29, 0.717) is 26.2 Å². The third-order valence-corrected chi connectivity index (χ3v) is 5.08. The Morgan fingerprint density at radius 1 is 1.11 bits per heavy atom. The van der Waals surface area contributed by atoms with Crippen LogP contribution in [0.3, 0.4) is 0 Å². The van der Waals surface area contributed by atoms with E-state index in [2.05, 4.69) is 5.32 Å². The van der Waals surface area contributed by atoms with Crippen molar-refractivity contribution in [3.8, 4) is 0 Å². The first-order valence-corrected chi connectivity index (χ1v) is 9.34. The summed E-state index contributed by atoms with van der Waals surface area (Å²) in [6.45, 7) is 3.45. The van der Waals surface area contributed by atoms with Gasteiger partial charge in [0.1, 0.15) is 0 Å². The van der Waals surface area contributed by atoms with Crippen molar-refractivity contribution in [3.63, 3.8) is 0 Å². The number of rotatable bonds is 8. The molecule has 2 aromatic carbocycles. The number of para-hydroxylation sites is 1. The molecule has 0 saturated heterocycles. The summed E-state index contributed by atoms with van der Waals surface area (Å²) in [6, 6.07) is 17.6. The highest BCUT2D eigenvalue weighted by molar-refractivity contribution is 6.09. The van der Waals surface area contributed by atoms with Crippen molar-refractivity contribution >= 4 is 17.5 Å². The highest BCUT2D eigenvalue weighted by Gasteiger charge is 2.50. The molecule has 1 N–H and O–H groups in total. The average molecular weight is 366 g/mol. The number of nitrogens with one attached hydrogen (secondary N) is 1. The number of benzene rings is 2. The highest BCUT2D eigenvalue weighted by Crippen LogP contribution is 2.45. The lowest BCUT2D eigenvalue weighted by Gasteiger charge is -2.28. The van der Waals surface area contributed by atoms with Crippen LogP contribution in [0.5, 0.6) is 0 Å². The van der Waals surface area contributed by atoms with Gasteiger partial charge in [0.15, 0.2) is 0 Å². The molecule has 27 heavy (non-hydrogen) atoms. The summed E-state index contributed by atoms with van der Waals surface area (Å²) >= 11 is 0. The molecule has 3 rings (SSSR count). The highest BCUT2D eigenvalue weighted by atomic mass is 16.5. The second-order valence-corrected chi connectivity index (χ2v) is 6.85. The molecule has 1 atom stereocenters. The third-order valence-electron chi connectivity index (χ3n) is 5.08. The largest absolute Gasteiger partial charge is 0.380 e. The zero-order chi connectivity index (χ0) is 19.3. The van der Waals surface area contributed by atoms with Crippen molar-refractivity contribution in [2.75, 3.05) is 31.7 Å². The van der Waals surface area contributed by atoms with Gasteiger partial charge in [0.2, 0.25) is 11.8 Å². The van der Waals surface area contributed by atoms with Gasteiger partial charge in [-0.25, -0.2) is 0 Å². The smallest absolute Gasteiger partial charge is 0.238 e. The van der Waals surface area contributed by atoms with Crippen molar-refractivity contribution < 1.29 is 14.3 Å². The molecule has 0 unspecified atom stereocenters. The third kappa shape index (κ3) is 3.88. The first-order chi connectivity index (χ1) is 13.1. The van der Waals surface area contributed by atoms with E-state index in [1.807, 2.05) is 61.5 Å². The molecule has 0 spiro atoms. The second-order valence-electron chi connectivity index (χ2n) is 6.85. The van der Waals surface area contributed by atoms with E-state index in [0.717, 1.165) is 16.8 Å². The summed E-state index contributed by atoms with van der Waals surface area (Å²) in [6.07, 6.45) is 0.612. The molecule has 0 bridgehead atoms. The van der Waals surface area contributed by atoms with E-state index in [1.165, 1.54) is 0 Å². The van der Waals surface area contributed by atoms with E-state index in [9.17, 15) is 9.59 Å². The molecule has 0 radical (unpaired) electrons. The van der Waals surface area contributed by atoms with Gasteiger partial charge in [0.05, 0.1) is 12.0 Å². The molecule has 5 nitrogen and oxygen atoms in total. The molecule has 0 fully saturated rings. The fraction of sp³-hybridized carbons (Fsp3) is 0.364. The van der Waals surface area contributed by atoms with Gasteiger partial charge in [-0.3, -0.25) is 9.59 Å². The molecule has 5 heteroatoms. The van der Waals surface area contributed by atoms with Gasteiger partial charge in [0, 0.05) is 32.3 Å². The Balaban J connectivity index is 1.91. The predicted octanol–water partition coefficient (Wildman–Crippen LogP) is 2.69. The standard InChI is InChI=1S/C22H26N2O3/c1-3-27-14-13-23-20(25)16-22(15-17-9-5-4-6-10-17)18-11-7-8-12-19(18)24(2)21(22)26/h4-12H,3,13-16H2,1-2H3,(H,23,25)/t22-/m1/s1. The van der Waals surface area contributed by atoms with Crippen LogP contribution in [0.25, 0.3) is 0 Å². The molecule has 1 heterocycles. The monoisotopic (exact) mass is 366 g/mol. The van der Waals surface area contributed by atoms with E-state index in [-0.39, 0.29) is 18.2 Å². The van der Waals surface area contributed by atoms with E-state index < -0.39 is 5.41 Å². The van der Waals surface area contributed by atoms with E-state index in [1.54, 1.807) is 11.9 Å². The fourth-order valence-corrected chi connectivity index (χ4v) is 3.81. The summed E-state index contributed by atoms with van der Waals surface area (Å²) in [5, 5.41) is 2.89. The van der Waals surface area contributed by atoms with Gasteiger partial charge in [-0.15, -0.1) is 0 Å². The Kier molecular flexibility index (Phi) is 5.91. The summed E-state index contributed by atoms with van der Waals surface area (Å²) in [4.78, 5) is 27.7. The van der Waals surface area contributed by atoms with Crippen LogP contribution in [0.1, 0.15) is 24.5 Å². The molecular weight excluding hydrogens is 340 g/mol. The number of likely N-dealkylation sites (N-methyl/N-ethyl adjacent to an activating group) is 1. The maximum absolute atomic E-state index is 13.3. The maximum Gasteiger partial charge on any atom is 0.238 e. The zero-order valence-corrected chi connectivity index (χ0v) is 15.9. The van der Waals surface area contributed by atoms with Gasteiger partial charge >= 0.3 is 0 Å². The van der Waals surface area contributed by atoms with Crippen molar-refractivity contribution in [2.24, 2.45) is 0 Å². The molecule has 2 amide bonds. The van der Waals surface area contributed by atoms with E-state index in [4.69, 9.17) is 4.74 Å². The van der Waals surface area contributed by atoms with Crippen molar-refractivity contribution in [3.05, 3.63) is 65.7 Å². The van der Waals surface area contributed by atoms with Gasteiger partial charge in [0.25, 0.3) is 0 Å². The minimum Gasteiger partial charge on any atom is -0.380 e. The van der Waals surface area contributed by atoms with Gasteiger partial charge in [-0.1, -0.05) is 48.5 Å². The number of amides is 2. The average Bonchev–Trinajstić information content (AvgIpc) is 2.89. The van der Waals surface area contributed by atoms with Crippen molar-refractivity contribution in [2.45, 2.75) is 25.2 Å². The van der Waals surface area contributed by atoms with Crippen molar-refractivity contribution in [1.29, 1.82) is 0 Å². The lowest BCUT2D eigenvalue weighted by Crippen LogP contribution is -2.44. The predicted molar refractivity (Wildman–Crippen MR) is 106 cm³/mol. The van der Waals surface area contributed by atoms with Crippen LogP contribution in [0.15, 0.2) is 54.6 Å². The Bertz CT molecular complexity index is 806. The molecule has 0 aromatic heterocycles. The Hall–Kier alpha value is -2.66. The number of hydrogen-bond acceptors (Lipinski definition) is 3. The molecular formula is C22H26N2O3. The minimum absolute atomic E-state index is 0.0347. The Morgan fingerprint density at radius 3 is 2.56 bits per heavy atom. The van der Waals surface area contributed by atoms with Crippen LogP contribution in [0.4, 0.5) is 5.69 Å². The first-order valence-electron chi connectivity index (χ1n) is 9.34. The van der Waals surface area contributed by atoms with Crippen LogP contribution in [-0.4, -0.2) is 38.6 Å². The van der Waals surface area contributed by atoms with Gasteiger partial charge in [-0.05, 0) is 30.5 Å². The quantitative estimate of drug-likeness (QED) is 0.731. The van der Waals surface area contributed by atoms with Crippen LogP contribution < -0.4 is 10.2 Å². The van der Waals surface area contributed by atoms with Crippen LogP contribution >= 0.6 is 0 Å². The number of carbonyl (C=O) groups excluding carboxylic acids is 2. The summed E-state index contributed by atoms with van der Waals surface area (Å²) < 4.78 is 5.28. The van der Waals surface area contributed by atoms with Crippen LogP contribution in [0, 0.1) is 0 Å². The molecule has 142 valence electrons. The number of fused-ring (bicyclic) bond motifs is 1. The first kappa shape index (κ1) is 19.1. The lowest BCUT2D eigenvalue weighted by molar-refractivity contribution is -0.129. The summed E-state index contributed by atoms with van der Waals surface area (Å²) in [7, 11) is 1.78. The molecule has 0 saturated carbocycles. The normalized spacial score (nSPS) is 18.4. The number of ether oxygens (including phenoxy) is 1. The second kappa shape index (κ2) is 8.35. The zero-order valence-electron chi connectivity index (χ0n) is 15.9. The molecule has 0 aliphatic carbocycles.